The summed E-state index contributed by atoms with van der Waals surface area (Å²) in [6.07, 6.45) is 7.32. The first kappa shape index (κ1) is 19.7. The van der Waals surface area contributed by atoms with Crippen LogP contribution in [0.1, 0.15) is 56.2 Å². The summed E-state index contributed by atoms with van der Waals surface area (Å²) in [5.41, 5.74) is 1.11. The van der Waals surface area contributed by atoms with Crippen molar-refractivity contribution in [1.82, 2.24) is 20.9 Å². The molecule has 2 rings (SSSR count). The van der Waals surface area contributed by atoms with E-state index in [1.807, 2.05) is 13.8 Å². The quantitative estimate of drug-likeness (QED) is 0.488. The molecule has 1 amide bonds. The van der Waals surface area contributed by atoms with E-state index in [4.69, 9.17) is 0 Å². The van der Waals surface area contributed by atoms with Crippen molar-refractivity contribution in [3.05, 3.63) is 16.1 Å². The molecule has 0 unspecified atom stereocenters. The number of aliphatic imine (C=N–C) groups is 1. The molecule has 0 aromatic carbocycles. The number of rotatable bonds is 8. The standard InChI is InChI=1S/C18H31N5OS/c1-3-19-18(20-11-9-16-13-25-14(2)22-16)21-12-10-17(24)23-15-7-5-4-6-8-15/h13,15H,3-12H2,1-2H3,(H,23,24)(H2,19,20,21). The lowest BCUT2D eigenvalue weighted by Crippen LogP contribution is -2.39. The molecule has 1 aliphatic rings. The molecule has 0 saturated heterocycles. The van der Waals surface area contributed by atoms with Gasteiger partial charge in [-0.1, -0.05) is 19.3 Å². The normalized spacial score (nSPS) is 15.8. The molecule has 1 fully saturated rings. The zero-order valence-corrected chi connectivity index (χ0v) is 16.3. The van der Waals surface area contributed by atoms with Crippen LogP contribution < -0.4 is 16.0 Å². The minimum Gasteiger partial charge on any atom is -0.357 e. The van der Waals surface area contributed by atoms with Crippen molar-refractivity contribution in [2.24, 2.45) is 4.99 Å². The number of carbonyl (C=O) groups excluding carboxylic acids is 1. The molecule has 25 heavy (non-hydrogen) atoms. The molecular weight excluding hydrogens is 334 g/mol. The van der Waals surface area contributed by atoms with E-state index in [0.29, 0.717) is 19.0 Å². The monoisotopic (exact) mass is 365 g/mol. The first-order chi connectivity index (χ1) is 12.2. The first-order valence-electron chi connectivity index (χ1n) is 9.40. The average molecular weight is 366 g/mol. The van der Waals surface area contributed by atoms with Crippen LogP contribution in [-0.2, 0) is 11.2 Å². The molecule has 0 bridgehead atoms. The number of hydrogen-bond donors (Lipinski definition) is 3. The molecule has 3 N–H and O–H groups in total. The highest BCUT2D eigenvalue weighted by atomic mass is 32.1. The number of nitrogens with zero attached hydrogens (tertiary/aromatic N) is 2. The summed E-state index contributed by atoms with van der Waals surface area (Å²) in [6, 6.07) is 0.373. The van der Waals surface area contributed by atoms with Crippen LogP contribution in [-0.4, -0.2) is 42.5 Å². The van der Waals surface area contributed by atoms with Gasteiger partial charge in [-0.3, -0.25) is 9.79 Å². The molecule has 7 heteroatoms. The highest BCUT2D eigenvalue weighted by Crippen LogP contribution is 2.17. The molecule has 0 atom stereocenters. The maximum Gasteiger partial charge on any atom is 0.222 e. The third kappa shape index (κ3) is 7.86. The van der Waals surface area contributed by atoms with Gasteiger partial charge in [-0.05, 0) is 26.7 Å². The lowest BCUT2D eigenvalue weighted by Gasteiger charge is -2.22. The second kappa shape index (κ2) is 11.1. The van der Waals surface area contributed by atoms with Crippen molar-refractivity contribution < 1.29 is 4.79 Å². The third-order valence-corrected chi connectivity index (χ3v) is 5.09. The van der Waals surface area contributed by atoms with Gasteiger partial charge < -0.3 is 16.0 Å². The highest BCUT2D eigenvalue weighted by molar-refractivity contribution is 7.09. The summed E-state index contributed by atoms with van der Waals surface area (Å²) < 4.78 is 0. The van der Waals surface area contributed by atoms with E-state index < -0.39 is 0 Å². The van der Waals surface area contributed by atoms with Gasteiger partial charge in [-0.25, -0.2) is 4.98 Å². The predicted molar refractivity (Wildman–Crippen MR) is 104 cm³/mol. The van der Waals surface area contributed by atoms with Crippen molar-refractivity contribution in [1.29, 1.82) is 0 Å². The van der Waals surface area contributed by atoms with E-state index in [2.05, 4.69) is 31.3 Å². The lowest BCUT2D eigenvalue weighted by molar-refractivity contribution is -0.121. The van der Waals surface area contributed by atoms with Crippen molar-refractivity contribution in [2.45, 2.75) is 64.8 Å². The number of aromatic nitrogens is 1. The van der Waals surface area contributed by atoms with Gasteiger partial charge in [0.1, 0.15) is 0 Å². The van der Waals surface area contributed by atoms with Crippen LogP contribution in [0, 0.1) is 6.92 Å². The average Bonchev–Trinajstić information content (AvgIpc) is 3.01. The third-order valence-electron chi connectivity index (χ3n) is 4.26. The van der Waals surface area contributed by atoms with Crippen molar-refractivity contribution >= 4 is 23.2 Å². The zero-order valence-electron chi connectivity index (χ0n) is 15.4. The zero-order chi connectivity index (χ0) is 17.9. The van der Waals surface area contributed by atoms with E-state index in [9.17, 15) is 4.79 Å². The van der Waals surface area contributed by atoms with Crippen molar-refractivity contribution in [2.75, 3.05) is 19.6 Å². The highest BCUT2D eigenvalue weighted by Gasteiger charge is 2.15. The second-order valence-electron chi connectivity index (χ2n) is 6.45. The number of guanidine groups is 1. The number of thiazole rings is 1. The lowest BCUT2D eigenvalue weighted by atomic mass is 9.95. The number of aryl methyl sites for hydroxylation is 1. The van der Waals surface area contributed by atoms with E-state index in [1.54, 1.807) is 11.3 Å². The molecule has 1 aromatic heterocycles. The molecule has 1 aromatic rings. The number of amides is 1. The van der Waals surface area contributed by atoms with Crippen molar-refractivity contribution in [3.63, 3.8) is 0 Å². The van der Waals surface area contributed by atoms with E-state index in [-0.39, 0.29) is 5.91 Å². The Labute approximate surface area is 154 Å². The molecule has 0 aliphatic heterocycles. The first-order valence-corrected chi connectivity index (χ1v) is 10.3. The molecular formula is C18H31N5OS. The molecule has 140 valence electrons. The summed E-state index contributed by atoms with van der Waals surface area (Å²) >= 11 is 1.68. The fourth-order valence-corrected chi connectivity index (χ4v) is 3.64. The Morgan fingerprint density at radius 1 is 1.32 bits per heavy atom. The van der Waals surface area contributed by atoms with Crippen LogP contribution in [0.5, 0.6) is 0 Å². The minimum absolute atomic E-state index is 0.115. The fourth-order valence-electron chi connectivity index (χ4n) is 2.99. The number of hydrogen-bond acceptors (Lipinski definition) is 4. The summed E-state index contributed by atoms with van der Waals surface area (Å²) in [7, 11) is 0. The second-order valence-corrected chi connectivity index (χ2v) is 7.51. The Morgan fingerprint density at radius 2 is 2.12 bits per heavy atom. The van der Waals surface area contributed by atoms with Gasteiger partial charge >= 0.3 is 0 Å². The van der Waals surface area contributed by atoms with Crippen molar-refractivity contribution in [3.8, 4) is 0 Å². The Balaban J connectivity index is 1.67. The van der Waals surface area contributed by atoms with Crippen LogP contribution >= 0.6 is 11.3 Å². The minimum atomic E-state index is 0.115. The summed E-state index contributed by atoms with van der Waals surface area (Å²) in [5.74, 6) is 0.879. The SMILES string of the molecule is CCNC(=NCCC(=O)NC1CCCCC1)NCCc1csc(C)n1. The number of nitrogens with one attached hydrogen (secondary N) is 3. The summed E-state index contributed by atoms with van der Waals surface area (Å²) in [4.78, 5) is 21.0. The van der Waals surface area contributed by atoms with Gasteiger partial charge in [-0.2, -0.15) is 0 Å². The maximum absolute atomic E-state index is 12.0. The Hall–Kier alpha value is -1.63. The largest absolute Gasteiger partial charge is 0.357 e. The Morgan fingerprint density at radius 3 is 2.80 bits per heavy atom. The van der Waals surface area contributed by atoms with Crippen LogP contribution in [0.3, 0.4) is 0 Å². The Kier molecular flexibility index (Phi) is 8.72. The van der Waals surface area contributed by atoms with Gasteiger partial charge in [0.25, 0.3) is 0 Å². The maximum atomic E-state index is 12.0. The Bertz CT molecular complexity index is 551. The van der Waals surface area contributed by atoms with Gasteiger partial charge in [0.05, 0.1) is 17.2 Å². The molecule has 0 spiro atoms. The van der Waals surface area contributed by atoms with Gasteiger partial charge in [0.2, 0.25) is 5.91 Å². The summed E-state index contributed by atoms with van der Waals surface area (Å²) in [6.45, 7) is 6.14. The number of carbonyl (C=O) groups is 1. The van der Waals surface area contributed by atoms with E-state index in [0.717, 1.165) is 49.0 Å². The molecule has 1 saturated carbocycles. The van der Waals surface area contributed by atoms with Gasteiger partial charge in [0, 0.05) is 37.4 Å². The molecule has 6 nitrogen and oxygen atoms in total. The van der Waals surface area contributed by atoms with Crippen LogP contribution in [0.4, 0.5) is 0 Å². The smallest absolute Gasteiger partial charge is 0.222 e. The molecule has 1 aliphatic carbocycles. The van der Waals surface area contributed by atoms with Crippen LogP contribution in [0.2, 0.25) is 0 Å². The van der Waals surface area contributed by atoms with E-state index in [1.165, 1.54) is 19.3 Å². The van der Waals surface area contributed by atoms with Gasteiger partial charge in [-0.15, -0.1) is 11.3 Å². The van der Waals surface area contributed by atoms with E-state index >= 15 is 0 Å². The predicted octanol–water partition coefficient (Wildman–Crippen LogP) is 2.39. The topological polar surface area (TPSA) is 78.4 Å². The molecule has 0 radical (unpaired) electrons. The molecule has 1 heterocycles. The van der Waals surface area contributed by atoms with Crippen LogP contribution in [0.25, 0.3) is 0 Å². The van der Waals surface area contributed by atoms with Gasteiger partial charge in [0.15, 0.2) is 5.96 Å². The fraction of sp³-hybridized carbons (Fsp3) is 0.722. The van der Waals surface area contributed by atoms with Crippen LogP contribution in [0.15, 0.2) is 10.4 Å². The summed E-state index contributed by atoms with van der Waals surface area (Å²) in [5, 5.41) is 12.9.